The quantitative estimate of drug-likeness (QED) is 0.890. The Morgan fingerprint density at radius 3 is 2.64 bits per heavy atom. The predicted octanol–water partition coefficient (Wildman–Crippen LogP) is 3.19. The Kier molecular flexibility index (Phi) is 5.17. The second-order valence-corrected chi connectivity index (χ2v) is 9.21. The number of nitrogens with zero attached hydrogens (tertiary/aromatic N) is 1. The van der Waals surface area contributed by atoms with Crippen molar-refractivity contribution in [1.29, 1.82) is 0 Å². The first kappa shape index (κ1) is 18.0. The zero-order valence-corrected chi connectivity index (χ0v) is 15.7. The van der Waals surface area contributed by atoms with Crippen molar-refractivity contribution < 1.29 is 13.2 Å². The number of amides is 1. The lowest BCUT2D eigenvalue weighted by molar-refractivity contribution is -0.118. The van der Waals surface area contributed by atoms with Crippen LogP contribution < -0.4 is 5.32 Å². The van der Waals surface area contributed by atoms with E-state index in [0.717, 1.165) is 10.5 Å². The van der Waals surface area contributed by atoms with Crippen LogP contribution in [0.5, 0.6) is 0 Å². The Labute approximate surface area is 152 Å². The van der Waals surface area contributed by atoms with E-state index in [1.165, 1.54) is 4.31 Å². The number of hydrogen-bond donors (Lipinski definition) is 1. The van der Waals surface area contributed by atoms with Crippen LogP contribution in [0.15, 0.2) is 58.3 Å². The van der Waals surface area contributed by atoms with E-state index in [1.807, 2.05) is 37.3 Å². The maximum atomic E-state index is 12.9. The summed E-state index contributed by atoms with van der Waals surface area (Å²) >= 11 is 1.56. The molecule has 1 N–H and O–H groups in total. The van der Waals surface area contributed by atoms with Crippen molar-refractivity contribution in [2.75, 3.05) is 18.1 Å². The lowest BCUT2D eigenvalue weighted by Crippen LogP contribution is -2.26. The van der Waals surface area contributed by atoms with Crippen molar-refractivity contribution in [3.8, 4) is 0 Å². The second-order valence-electron chi connectivity index (χ2n) is 6.11. The van der Waals surface area contributed by atoms with Crippen LogP contribution in [0.4, 0.5) is 5.69 Å². The van der Waals surface area contributed by atoms with E-state index < -0.39 is 10.0 Å². The molecule has 2 aromatic carbocycles. The minimum absolute atomic E-state index is 0.0848. The van der Waals surface area contributed by atoms with Crippen molar-refractivity contribution in [2.45, 2.75) is 23.3 Å². The highest BCUT2D eigenvalue weighted by Gasteiger charge is 2.25. The van der Waals surface area contributed by atoms with Crippen LogP contribution >= 0.6 is 11.8 Å². The highest BCUT2D eigenvalue weighted by molar-refractivity contribution is 7.99. The maximum Gasteiger partial charge on any atom is 0.243 e. The lowest BCUT2D eigenvalue weighted by atomic mass is 10.2. The number of fused-ring (bicyclic) bond motifs is 1. The molecule has 0 aromatic heterocycles. The third-order valence-corrected chi connectivity index (χ3v) is 7.23. The zero-order chi connectivity index (χ0) is 18.0. The van der Waals surface area contributed by atoms with Crippen LogP contribution in [-0.2, 0) is 21.4 Å². The number of hydrogen-bond acceptors (Lipinski definition) is 4. The molecular formula is C18H20N2O3S2. The van der Waals surface area contributed by atoms with Gasteiger partial charge in [0.15, 0.2) is 0 Å². The molecule has 1 aliphatic rings. The number of anilines is 1. The number of benzene rings is 2. The highest BCUT2D eigenvalue weighted by atomic mass is 32.2. The summed E-state index contributed by atoms with van der Waals surface area (Å²) in [5, 5.41) is 2.83. The van der Waals surface area contributed by atoms with Crippen LogP contribution in [0.3, 0.4) is 0 Å². The average Bonchev–Trinajstić information content (AvgIpc) is 2.74. The van der Waals surface area contributed by atoms with Crippen LogP contribution in [-0.4, -0.2) is 31.4 Å². The summed E-state index contributed by atoms with van der Waals surface area (Å²) in [6, 6.07) is 14.4. The molecule has 5 nitrogen and oxygen atoms in total. The molecule has 1 unspecified atom stereocenters. The summed E-state index contributed by atoms with van der Waals surface area (Å²) in [7, 11) is -2.08. The lowest BCUT2D eigenvalue weighted by Gasteiger charge is -2.18. The number of rotatable bonds is 4. The monoisotopic (exact) mass is 376 g/mol. The summed E-state index contributed by atoms with van der Waals surface area (Å²) < 4.78 is 27.0. The van der Waals surface area contributed by atoms with Gasteiger partial charge in [-0.1, -0.05) is 37.3 Å². The fourth-order valence-electron chi connectivity index (χ4n) is 2.54. The largest absolute Gasteiger partial charge is 0.325 e. The topological polar surface area (TPSA) is 66.5 Å². The fourth-order valence-corrected chi connectivity index (χ4v) is 4.74. The normalized spacial score (nSPS) is 17.7. The maximum absolute atomic E-state index is 12.9. The third-order valence-electron chi connectivity index (χ3n) is 4.10. The standard InChI is InChI=1S/C18H20N2O3S2/c1-13-12-24-17-9-8-15(10-16(17)19-18(13)21)25(22,23)20(2)11-14-6-4-3-5-7-14/h3-10,13H,11-12H2,1-2H3,(H,19,21). The minimum Gasteiger partial charge on any atom is -0.325 e. The van der Waals surface area contributed by atoms with Gasteiger partial charge >= 0.3 is 0 Å². The van der Waals surface area contributed by atoms with E-state index in [2.05, 4.69) is 5.32 Å². The molecule has 0 fully saturated rings. The summed E-state index contributed by atoms with van der Waals surface area (Å²) in [6.07, 6.45) is 0. The molecular weight excluding hydrogens is 356 g/mol. The van der Waals surface area contributed by atoms with Crippen LogP contribution in [0.2, 0.25) is 0 Å². The predicted molar refractivity (Wildman–Crippen MR) is 100 cm³/mol. The Morgan fingerprint density at radius 1 is 1.20 bits per heavy atom. The Bertz CT molecular complexity index is 882. The number of sulfonamides is 1. The van der Waals surface area contributed by atoms with Gasteiger partial charge < -0.3 is 5.32 Å². The molecule has 0 bridgehead atoms. The molecule has 1 aliphatic heterocycles. The molecule has 0 saturated carbocycles. The van der Waals surface area contributed by atoms with Gasteiger partial charge in [0, 0.05) is 30.2 Å². The smallest absolute Gasteiger partial charge is 0.243 e. The molecule has 0 radical (unpaired) electrons. The van der Waals surface area contributed by atoms with Crippen LogP contribution in [0.25, 0.3) is 0 Å². The molecule has 1 heterocycles. The van der Waals surface area contributed by atoms with Crippen molar-refractivity contribution in [2.24, 2.45) is 5.92 Å². The van der Waals surface area contributed by atoms with Gasteiger partial charge in [0.05, 0.1) is 10.6 Å². The van der Waals surface area contributed by atoms with Gasteiger partial charge in [0.2, 0.25) is 15.9 Å². The van der Waals surface area contributed by atoms with Gasteiger partial charge in [-0.25, -0.2) is 8.42 Å². The molecule has 1 atom stereocenters. The summed E-state index contributed by atoms with van der Waals surface area (Å²) in [5.41, 5.74) is 1.48. The fraction of sp³-hybridized carbons (Fsp3) is 0.278. The van der Waals surface area contributed by atoms with E-state index in [0.29, 0.717) is 18.0 Å². The Balaban J connectivity index is 1.88. The van der Waals surface area contributed by atoms with Gasteiger partial charge in [-0.05, 0) is 23.8 Å². The molecule has 0 aliphatic carbocycles. The van der Waals surface area contributed by atoms with Crippen molar-refractivity contribution in [3.63, 3.8) is 0 Å². The van der Waals surface area contributed by atoms with Crippen molar-refractivity contribution in [1.82, 2.24) is 4.31 Å². The first-order valence-electron chi connectivity index (χ1n) is 7.96. The van der Waals surface area contributed by atoms with Crippen LogP contribution in [0, 0.1) is 5.92 Å². The molecule has 2 aromatic rings. The molecule has 1 amide bonds. The number of nitrogens with one attached hydrogen (secondary N) is 1. The van der Waals surface area contributed by atoms with Gasteiger partial charge in [-0.15, -0.1) is 11.8 Å². The first-order chi connectivity index (χ1) is 11.9. The SMILES string of the molecule is CC1CSc2ccc(S(=O)(=O)N(C)Cc3ccccc3)cc2NC1=O. The van der Waals surface area contributed by atoms with E-state index in [1.54, 1.807) is 37.0 Å². The Morgan fingerprint density at radius 2 is 1.92 bits per heavy atom. The summed E-state index contributed by atoms with van der Waals surface area (Å²) in [6.45, 7) is 2.15. The summed E-state index contributed by atoms with van der Waals surface area (Å²) in [4.78, 5) is 13.1. The average molecular weight is 377 g/mol. The number of carbonyl (C=O) groups excluding carboxylic acids is 1. The van der Waals surface area contributed by atoms with E-state index >= 15 is 0 Å². The van der Waals surface area contributed by atoms with E-state index in [9.17, 15) is 13.2 Å². The van der Waals surface area contributed by atoms with Gasteiger partial charge in [-0.2, -0.15) is 4.31 Å². The number of carbonyl (C=O) groups is 1. The summed E-state index contributed by atoms with van der Waals surface area (Å²) in [5.74, 6) is 0.482. The zero-order valence-electron chi connectivity index (χ0n) is 14.1. The van der Waals surface area contributed by atoms with E-state index in [-0.39, 0.29) is 16.7 Å². The van der Waals surface area contributed by atoms with Crippen molar-refractivity contribution in [3.05, 3.63) is 54.1 Å². The molecule has 7 heteroatoms. The highest BCUT2D eigenvalue weighted by Crippen LogP contribution is 2.34. The first-order valence-corrected chi connectivity index (χ1v) is 10.4. The minimum atomic E-state index is -3.64. The van der Waals surface area contributed by atoms with Gasteiger partial charge in [-0.3, -0.25) is 4.79 Å². The van der Waals surface area contributed by atoms with Gasteiger partial charge in [0.25, 0.3) is 0 Å². The van der Waals surface area contributed by atoms with E-state index in [4.69, 9.17) is 0 Å². The van der Waals surface area contributed by atoms with Crippen molar-refractivity contribution >= 4 is 33.4 Å². The Hall–Kier alpha value is -1.83. The molecule has 132 valence electrons. The van der Waals surface area contributed by atoms with Gasteiger partial charge in [0.1, 0.15) is 0 Å². The molecule has 0 spiro atoms. The second kappa shape index (κ2) is 7.19. The number of thioether (sulfide) groups is 1. The molecule has 3 rings (SSSR count). The molecule has 0 saturated heterocycles. The third kappa shape index (κ3) is 3.89. The molecule has 25 heavy (non-hydrogen) atoms. The van der Waals surface area contributed by atoms with Crippen LogP contribution in [0.1, 0.15) is 12.5 Å².